The van der Waals surface area contributed by atoms with Crippen molar-refractivity contribution in [2.24, 2.45) is 0 Å². The Labute approximate surface area is 64.8 Å². The summed E-state index contributed by atoms with van der Waals surface area (Å²) in [6.45, 7) is 2.86. The highest BCUT2D eigenvalue weighted by Gasteiger charge is 2.12. The fourth-order valence-corrected chi connectivity index (χ4v) is 0.629. The minimum Gasteiger partial charge on any atom is -0.383 e. The largest absolute Gasteiger partial charge is 0.447 e. The minimum atomic E-state index is -0.968. The van der Waals surface area contributed by atoms with Gasteiger partial charge in [-0.05, 0) is 6.92 Å². The Hall–Kier alpha value is -0.840. The van der Waals surface area contributed by atoms with Gasteiger partial charge in [-0.25, -0.2) is 9.74 Å². The molecule has 0 heterocycles. The lowest BCUT2D eigenvalue weighted by atomic mass is 10.5. The van der Waals surface area contributed by atoms with Crippen LogP contribution in [0.25, 0.3) is 0 Å². The Balaban J connectivity index is 3.65. The zero-order chi connectivity index (χ0) is 8.69. The number of halogens is 1. The van der Waals surface area contributed by atoms with Crippen molar-refractivity contribution in [3.63, 3.8) is 0 Å². The molecule has 0 aliphatic rings. The number of hydrogen-bond donors (Lipinski definition) is 0. The second kappa shape index (κ2) is 5.91. The smallest absolute Gasteiger partial charge is 0.383 e. The van der Waals surface area contributed by atoms with Crippen LogP contribution in [0.4, 0.5) is 9.32 Å². The summed E-state index contributed by atoms with van der Waals surface area (Å²) in [4.78, 5) is 14.8. The van der Waals surface area contributed by atoms with E-state index in [-0.39, 0.29) is 0 Å². The minimum absolute atomic E-state index is 0.343. The SMILES string of the molecule is CCN(CCOC)C(=O)OF. The fourth-order valence-electron chi connectivity index (χ4n) is 0.629. The Morgan fingerprint density at radius 2 is 2.27 bits per heavy atom. The lowest BCUT2D eigenvalue weighted by molar-refractivity contribution is -0.0804. The molecule has 0 radical (unpaired) electrons. The van der Waals surface area contributed by atoms with Crippen molar-refractivity contribution in [1.29, 1.82) is 0 Å². The number of carbonyl (C=O) groups excluding carboxylic acids is 1. The van der Waals surface area contributed by atoms with Gasteiger partial charge in [0.15, 0.2) is 0 Å². The number of hydrogen-bond acceptors (Lipinski definition) is 3. The van der Waals surface area contributed by atoms with Crippen LogP contribution in [0.1, 0.15) is 6.92 Å². The summed E-state index contributed by atoms with van der Waals surface area (Å²) in [6.07, 6.45) is -0.968. The van der Waals surface area contributed by atoms with Gasteiger partial charge in [0.2, 0.25) is 0 Å². The molecule has 0 aliphatic carbocycles. The zero-order valence-corrected chi connectivity index (χ0v) is 6.67. The van der Waals surface area contributed by atoms with Gasteiger partial charge in [-0.1, -0.05) is 0 Å². The van der Waals surface area contributed by atoms with Crippen LogP contribution in [0.5, 0.6) is 0 Å². The first-order valence-corrected chi connectivity index (χ1v) is 3.32. The van der Waals surface area contributed by atoms with E-state index in [2.05, 4.69) is 4.94 Å². The second-order valence-corrected chi connectivity index (χ2v) is 1.92. The topological polar surface area (TPSA) is 38.8 Å². The van der Waals surface area contributed by atoms with Crippen LogP contribution in [0.2, 0.25) is 0 Å². The number of ether oxygens (including phenoxy) is 1. The first-order valence-electron chi connectivity index (χ1n) is 3.32. The second-order valence-electron chi connectivity index (χ2n) is 1.92. The molecule has 0 fully saturated rings. The maximum Gasteiger partial charge on any atom is 0.447 e. The first kappa shape index (κ1) is 10.2. The fraction of sp³-hybridized carbons (Fsp3) is 0.833. The molecule has 0 spiro atoms. The van der Waals surface area contributed by atoms with E-state index >= 15 is 0 Å². The summed E-state index contributed by atoms with van der Waals surface area (Å²) >= 11 is 0. The van der Waals surface area contributed by atoms with Crippen LogP contribution < -0.4 is 0 Å². The molecule has 1 amide bonds. The van der Waals surface area contributed by atoms with E-state index < -0.39 is 6.09 Å². The summed E-state index contributed by atoms with van der Waals surface area (Å²) in [5.74, 6) is 0. The van der Waals surface area contributed by atoms with Crippen LogP contribution in [-0.2, 0) is 9.68 Å². The molecule has 0 atom stereocenters. The molecule has 11 heavy (non-hydrogen) atoms. The van der Waals surface area contributed by atoms with Gasteiger partial charge in [-0.15, -0.1) is 0 Å². The third-order valence-electron chi connectivity index (χ3n) is 1.27. The Bertz CT molecular complexity index is 120. The summed E-state index contributed by atoms with van der Waals surface area (Å²) in [5, 5.41) is 0. The molecular weight excluding hydrogens is 153 g/mol. The van der Waals surface area contributed by atoms with Crippen LogP contribution in [0, 0.1) is 0 Å². The van der Waals surface area contributed by atoms with E-state index in [9.17, 15) is 9.32 Å². The Kier molecular flexibility index (Phi) is 5.46. The summed E-state index contributed by atoms with van der Waals surface area (Å²) < 4.78 is 16.0. The van der Waals surface area contributed by atoms with Gasteiger partial charge in [-0.3, -0.25) is 0 Å². The highest BCUT2D eigenvalue weighted by Crippen LogP contribution is 1.93. The number of carbonyl (C=O) groups is 1. The van der Waals surface area contributed by atoms with Crippen molar-refractivity contribution >= 4 is 6.09 Å². The molecule has 0 rings (SSSR count). The zero-order valence-electron chi connectivity index (χ0n) is 6.67. The van der Waals surface area contributed by atoms with Crippen molar-refractivity contribution in [2.75, 3.05) is 26.8 Å². The molecule has 0 unspecified atom stereocenters. The molecule has 4 nitrogen and oxygen atoms in total. The number of methoxy groups -OCH3 is 1. The molecule has 0 bridgehead atoms. The number of rotatable bonds is 4. The summed E-state index contributed by atoms with van der Waals surface area (Å²) in [6, 6.07) is 0. The van der Waals surface area contributed by atoms with Gasteiger partial charge >= 0.3 is 6.09 Å². The van der Waals surface area contributed by atoms with E-state index in [0.717, 1.165) is 0 Å². The van der Waals surface area contributed by atoms with Crippen LogP contribution in [0.15, 0.2) is 0 Å². The van der Waals surface area contributed by atoms with Gasteiger partial charge in [0.1, 0.15) is 0 Å². The molecule has 0 saturated heterocycles. The molecule has 0 aromatic rings. The monoisotopic (exact) mass is 165 g/mol. The Morgan fingerprint density at radius 3 is 2.64 bits per heavy atom. The average molecular weight is 165 g/mol. The predicted molar refractivity (Wildman–Crippen MR) is 36.7 cm³/mol. The van der Waals surface area contributed by atoms with E-state index in [1.807, 2.05) is 0 Å². The highest BCUT2D eigenvalue weighted by atomic mass is 19.3. The predicted octanol–water partition coefficient (Wildman–Crippen LogP) is 0.976. The lowest BCUT2D eigenvalue weighted by Crippen LogP contribution is -2.32. The molecule has 0 N–H and O–H groups in total. The van der Waals surface area contributed by atoms with Crippen LogP contribution in [0.3, 0.4) is 0 Å². The number of nitrogens with zero attached hydrogens (tertiary/aromatic N) is 1. The molecule has 0 aliphatic heterocycles. The number of amides is 1. The summed E-state index contributed by atoms with van der Waals surface area (Å²) in [7, 11) is 1.51. The quantitative estimate of drug-likeness (QED) is 0.623. The first-order chi connectivity index (χ1) is 5.26. The van der Waals surface area contributed by atoms with E-state index in [0.29, 0.717) is 19.7 Å². The molecule has 0 aromatic carbocycles. The van der Waals surface area contributed by atoms with E-state index in [1.54, 1.807) is 6.92 Å². The number of likely N-dealkylation sites (N-methyl/N-ethyl adjacent to an activating group) is 1. The van der Waals surface area contributed by atoms with Gasteiger partial charge in [-0.2, -0.15) is 0 Å². The van der Waals surface area contributed by atoms with Gasteiger partial charge in [0.05, 0.1) is 6.61 Å². The molecule has 66 valence electrons. The van der Waals surface area contributed by atoms with Crippen LogP contribution >= 0.6 is 0 Å². The van der Waals surface area contributed by atoms with Crippen molar-refractivity contribution in [3.8, 4) is 0 Å². The van der Waals surface area contributed by atoms with Crippen molar-refractivity contribution in [3.05, 3.63) is 0 Å². The van der Waals surface area contributed by atoms with E-state index in [4.69, 9.17) is 4.74 Å². The third kappa shape index (κ3) is 3.77. The van der Waals surface area contributed by atoms with Gasteiger partial charge in [0, 0.05) is 24.7 Å². The average Bonchev–Trinajstić information content (AvgIpc) is 2.05. The van der Waals surface area contributed by atoms with E-state index in [1.165, 1.54) is 12.0 Å². The standard InChI is InChI=1S/C6H12FNO3/c1-3-8(4-5-10-2)6(9)11-7/h3-5H2,1-2H3. The van der Waals surface area contributed by atoms with Crippen molar-refractivity contribution in [1.82, 2.24) is 4.90 Å². The highest BCUT2D eigenvalue weighted by molar-refractivity contribution is 5.66. The molecule has 5 heteroatoms. The van der Waals surface area contributed by atoms with Gasteiger partial charge in [0.25, 0.3) is 0 Å². The summed E-state index contributed by atoms with van der Waals surface area (Å²) in [5.41, 5.74) is 0. The third-order valence-corrected chi connectivity index (χ3v) is 1.27. The normalized spacial score (nSPS) is 9.36. The van der Waals surface area contributed by atoms with Crippen molar-refractivity contribution in [2.45, 2.75) is 6.92 Å². The Morgan fingerprint density at radius 1 is 1.64 bits per heavy atom. The lowest BCUT2D eigenvalue weighted by Gasteiger charge is -2.15. The van der Waals surface area contributed by atoms with Gasteiger partial charge < -0.3 is 9.64 Å². The maximum absolute atomic E-state index is 11.3. The molecular formula is C6H12FNO3. The van der Waals surface area contributed by atoms with Crippen molar-refractivity contribution < 1.29 is 19.0 Å². The maximum atomic E-state index is 11.3. The van der Waals surface area contributed by atoms with Crippen LogP contribution in [-0.4, -0.2) is 37.8 Å². The molecule has 0 saturated carbocycles. The molecule has 0 aromatic heterocycles.